The van der Waals surface area contributed by atoms with Crippen LogP contribution < -0.4 is 0 Å². The Morgan fingerprint density at radius 2 is 2.36 bits per heavy atom. The van der Waals surface area contributed by atoms with Crippen LogP contribution in [-0.4, -0.2) is 22.3 Å². The summed E-state index contributed by atoms with van der Waals surface area (Å²) in [5.74, 6) is 1.14. The van der Waals surface area contributed by atoms with Crippen molar-refractivity contribution in [2.24, 2.45) is 0 Å². The summed E-state index contributed by atoms with van der Waals surface area (Å²) in [5.41, 5.74) is 0.954. The van der Waals surface area contributed by atoms with Gasteiger partial charge in [-0.1, -0.05) is 6.07 Å². The van der Waals surface area contributed by atoms with Crippen molar-refractivity contribution in [2.75, 3.05) is 6.54 Å². The summed E-state index contributed by atoms with van der Waals surface area (Å²) >= 11 is 0. The number of hydrogen-bond acceptors (Lipinski definition) is 2. The molecule has 1 radical (unpaired) electrons. The number of rotatable bonds is 2. The van der Waals surface area contributed by atoms with Crippen LogP contribution in [0.1, 0.15) is 19.0 Å². The Hall–Kier alpha value is -1.38. The maximum Gasteiger partial charge on any atom is 0.230 e. The van der Waals surface area contributed by atoms with E-state index in [9.17, 15) is 4.79 Å². The first-order valence-electron chi connectivity index (χ1n) is 4.79. The van der Waals surface area contributed by atoms with E-state index in [-0.39, 0.29) is 5.91 Å². The van der Waals surface area contributed by atoms with Crippen LogP contribution in [0.3, 0.4) is 0 Å². The Morgan fingerprint density at radius 3 is 2.93 bits per heavy atom. The molecule has 0 atom stereocenters. The van der Waals surface area contributed by atoms with Gasteiger partial charge in [-0.05, 0) is 25.5 Å². The van der Waals surface area contributed by atoms with E-state index in [4.69, 9.17) is 0 Å². The molecule has 1 aromatic heterocycles. The Kier molecular flexibility index (Phi) is 2.48. The summed E-state index contributed by atoms with van der Waals surface area (Å²) in [7, 11) is 0. The molecule has 1 fully saturated rings. The summed E-state index contributed by atoms with van der Waals surface area (Å²) < 4.78 is 0. The summed E-state index contributed by atoms with van der Waals surface area (Å²) in [6.45, 7) is 3.37. The zero-order valence-corrected chi connectivity index (χ0v) is 8.23. The van der Waals surface area contributed by atoms with Crippen molar-refractivity contribution in [2.45, 2.75) is 19.9 Å². The van der Waals surface area contributed by atoms with Crippen molar-refractivity contribution in [3.05, 3.63) is 36.0 Å². The molecule has 2 rings (SSSR count). The van der Waals surface area contributed by atoms with Crippen LogP contribution in [0.25, 0.3) is 0 Å². The van der Waals surface area contributed by atoms with E-state index in [2.05, 4.69) is 4.98 Å². The molecule has 0 aromatic carbocycles. The minimum absolute atomic E-state index is 0.177. The van der Waals surface area contributed by atoms with Crippen LogP contribution in [0.4, 0.5) is 0 Å². The Morgan fingerprint density at radius 1 is 1.50 bits per heavy atom. The first-order valence-corrected chi connectivity index (χ1v) is 4.79. The van der Waals surface area contributed by atoms with Crippen LogP contribution in [0.5, 0.6) is 0 Å². The van der Waals surface area contributed by atoms with Gasteiger partial charge in [0.2, 0.25) is 5.91 Å². The van der Waals surface area contributed by atoms with Gasteiger partial charge in [0.15, 0.2) is 0 Å². The second kappa shape index (κ2) is 3.78. The average Bonchev–Trinajstić information content (AvgIpc) is 2.52. The fourth-order valence-corrected chi connectivity index (χ4v) is 1.62. The van der Waals surface area contributed by atoms with E-state index >= 15 is 0 Å². The van der Waals surface area contributed by atoms with E-state index in [1.54, 1.807) is 6.20 Å². The second-order valence-corrected chi connectivity index (χ2v) is 3.58. The number of amides is 1. The van der Waals surface area contributed by atoms with Gasteiger partial charge in [-0.3, -0.25) is 9.78 Å². The molecule has 0 spiro atoms. The van der Waals surface area contributed by atoms with Gasteiger partial charge in [-0.2, -0.15) is 0 Å². The number of likely N-dealkylation sites (tertiary alicyclic amines) is 1. The highest BCUT2D eigenvalue weighted by Crippen LogP contribution is 2.20. The summed E-state index contributed by atoms with van der Waals surface area (Å²) in [6, 6.07) is 5.77. The molecule has 0 saturated carbocycles. The molecule has 1 amide bonds. The number of aromatic nitrogens is 1. The van der Waals surface area contributed by atoms with Crippen molar-refractivity contribution in [1.29, 1.82) is 0 Å². The van der Waals surface area contributed by atoms with Gasteiger partial charge >= 0.3 is 0 Å². The minimum Gasteiger partial charge on any atom is -0.336 e. The van der Waals surface area contributed by atoms with Crippen LogP contribution in [0, 0.1) is 5.92 Å². The molecule has 0 bridgehead atoms. The fraction of sp³-hybridized carbons (Fsp3) is 0.364. The number of nitrogens with zero attached hydrogens (tertiary/aromatic N) is 2. The Balaban J connectivity index is 2.02. The lowest BCUT2D eigenvalue weighted by Gasteiger charge is -2.14. The molecule has 0 aliphatic carbocycles. The van der Waals surface area contributed by atoms with Gasteiger partial charge in [0.25, 0.3) is 0 Å². The first kappa shape index (κ1) is 9.19. The zero-order chi connectivity index (χ0) is 9.97. The van der Waals surface area contributed by atoms with E-state index in [1.807, 2.05) is 30.0 Å². The SMILES string of the molecule is C[C]1CCN(Cc2ccccn2)C1=O. The van der Waals surface area contributed by atoms with E-state index < -0.39 is 0 Å². The maximum absolute atomic E-state index is 11.6. The highest BCUT2D eigenvalue weighted by Gasteiger charge is 2.28. The molecular weight excluding hydrogens is 176 g/mol. The topological polar surface area (TPSA) is 33.2 Å². The van der Waals surface area contributed by atoms with Crippen molar-refractivity contribution in [3.8, 4) is 0 Å². The van der Waals surface area contributed by atoms with Gasteiger partial charge in [0, 0.05) is 12.7 Å². The normalized spacial score (nSPS) is 17.8. The average molecular weight is 189 g/mol. The smallest absolute Gasteiger partial charge is 0.230 e. The highest BCUT2D eigenvalue weighted by atomic mass is 16.2. The maximum atomic E-state index is 11.6. The predicted molar refractivity (Wildman–Crippen MR) is 53.2 cm³/mol. The summed E-state index contributed by atoms with van der Waals surface area (Å²) in [6.07, 6.45) is 2.65. The van der Waals surface area contributed by atoms with Crippen LogP contribution in [0.2, 0.25) is 0 Å². The number of hydrogen-bond donors (Lipinski definition) is 0. The lowest BCUT2D eigenvalue weighted by Crippen LogP contribution is -2.25. The standard InChI is InChI=1S/C11H13N2O/c1-9-5-7-13(11(9)14)8-10-4-2-3-6-12-10/h2-4,6H,5,7-8H2,1H3. The molecule has 2 heterocycles. The van der Waals surface area contributed by atoms with Gasteiger partial charge in [-0.15, -0.1) is 0 Å². The van der Waals surface area contributed by atoms with Gasteiger partial charge < -0.3 is 4.90 Å². The molecule has 1 aliphatic rings. The second-order valence-electron chi connectivity index (χ2n) is 3.58. The van der Waals surface area contributed by atoms with Crippen molar-refractivity contribution in [1.82, 2.24) is 9.88 Å². The van der Waals surface area contributed by atoms with Gasteiger partial charge in [0.1, 0.15) is 0 Å². The van der Waals surface area contributed by atoms with Crippen molar-refractivity contribution in [3.63, 3.8) is 0 Å². The van der Waals surface area contributed by atoms with Crippen LogP contribution in [-0.2, 0) is 11.3 Å². The highest BCUT2D eigenvalue weighted by molar-refractivity contribution is 5.91. The predicted octanol–water partition coefficient (Wildman–Crippen LogP) is 1.41. The summed E-state index contributed by atoms with van der Waals surface area (Å²) in [4.78, 5) is 17.6. The molecule has 1 saturated heterocycles. The quantitative estimate of drug-likeness (QED) is 0.704. The van der Waals surface area contributed by atoms with Crippen molar-refractivity contribution < 1.29 is 4.79 Å². The minimum atomic E-state index is 0.177. The largest absolute Gasteiger partial charge is 0.336 e. The number of pyridine rings is 1. The van der Waals surface area contributed by atoms with Gasteiger partial charge in [0.05, 0.1) is 18.2 Å². The Labute approximate surface area is 83.8 Å². The molecule has 1 aromatic rings. The molecule has 14 heavy (non-hydrogen) atoms. The number of carbonyl (C=O) groups excluding carboxylic acids is 1. The molecule has 0 unspecified atom stereocenters. The van der Waals surface area contributed by atoms with Crippen molar-refractivity contribution >= 4 is 5.91 Å². The van der Waals surface area contributed by atoms with E-state index in [1.165, 1.54) is 0 Å². The third-order valence-corrected chi connectivity index (χ3v) is 2.49. The first-order chi connectivity index (χ1) is 6.77. The fourth-order valence-electron chi connectivity index (χ4n) is 1.62. The van der Waals surface area contributed by atoms with E-state index in [0.29, 0.717) is 6.54 Å². The molecule has 3 nitrogen and oxygen atoms in total. The summed E-state index contributed by atoms with van der Waals surface area (Å²) in [5, 5.41) is 0. The monoisotopic (exact) mass is 189 g/mol. The van der Waals surface area contributed by atoms with E-state index in [0.717, 1.165) is 24.6 Å². The Bertz CT molecular complexity index is 323. The molecule has 1 aliphatic heterocycles. The third-order valence-electron chi connectivity index (χ3n) is 2.49. The molecule has 3 heteroatoms. The van der Waals surface area contributed by atoms with Gasteiger partial charge in [-0.25, -0.2) is 0 Å². The molecular formula is C11H13N2O. The van der Waals surface area contributed by atoms with Crippen LogP contribution >= 0.6 is 0 Å². The third kappa shape index (κ3) is 1.76. The lowest BCUT2D eigenvalue weighted by atomic mass is 10.1. The number of carbonyl (C=O) groups is 1. The molecule has 0 N–H and O–H groups in total. The lowest BCUT2D eigenvalue weighted by molar-refractivity contribution is -0.126. The van der Waals surface area contributed by atoms with Crippen LogP contribution in [0.15, 0.2) is 24.4 Å². The molecule has 73 valence electrons. The zero-order valence-electron chi connectivity index (χ0n) is 8.23.